The van der Waals surface area contributed by atoms with Gasteiger partial charge in [0, 0.05) is 10.9 Å². The Labute approximate surface area is 185 Å². The van der Waals surface area contributed by atoms with Crippen molar-refractivity contribution < 1.29 is 19.4 Å². The first-order valence-corrected chi connectivity index (χ1v) is 10.5. The number of halogens is 1. The Kier molecular flexibility index (Phi) is 6.23. The minimum Gasteiger partial charge on any atom is -0.480 e. The summed E-state index contributed by atoms with van der Waals surface area (Å²) >= 11 is 6.14. The molecule has 31 heavy (non-hydrogen) atoms. The van der Waals surface area contributed by atoms with E-state index in [1.165, 1.54) is 0 Å². The van der Waals surface area contributed by atoms with Gasteiger partial charge < -0.3 is 15.2 Å². The van der Waals surface area contributed by atoms with E-state index < -0.39 is 18.1 Å². The van der Waals surface area contributed by atoms with Crippen LogP contribution in [0, 0.1) is 0 Å². The summed E-state index contributed by atoms with van der Waals surface area (Å²) in [6.07, 6.45) is -0.0998. The van der Waals surface area contributed by atoms with E-state index in [4.69, 9.17) is 16.3 Å². The van der Waals surface area contributed by atoms with Crippen molar-refractivity contribution >= 4 is 23.7 Å². The number of carbonyl (C=O) groups excluding carboxylic acids is 1. The van der Waals surface area contributed by atoms with Gasteiger partial charge in [0.25, 0.3) is 0 Å². The van der Waals surface area contributed by atoms with Gasteiger partial charge in [-0.1, -0.05) is 78.3 Å². The second kappa shape index (κ2) is 9.23. The molecule has 1 aliphatic rings. The molecule has 5 nitrogen and oxygen atoms in total. The Morgan fingerprint density at radius 3 is 2.13 bits per heavy atom. The molecule has 0 fully saturated rings. The number of alkyl carbamates (subject to hydrolysis) is 1. The summed E-state index contributed by atoms with van der Waals surface area (Å²) in [4.78, 5) is 24.0. The van der Waals surface area contributed by atoms with E-state index >= 15 is 0 Å². The van der Waals surface area contributed by atoms with Crippen LogP contribution < -0.4 is 5.32 Å². The number of nitrogens with one attached hydrogen (secondary N) is 1. The number of carboxylic acid groups (broad SMARTS) is 1. The third-order valence-electron chi connectivity index (χ3n) is 5.59. The zero-order valence-electron chi connectivity index (χ0n) is 16.8. The number of amides is 1. The Bertz CT molecular complexity index is 1070. The van der Waals surface area contributed by atoms with E-state index in [0.29, 0.717) is 11.4 Å². The topological polar surface area (TPSA) is 75.6 Å². The molecule has 1 unspecified atom stereocenters. The Hall–Kier alpha value is -3.31. The maximum atomic E-state index is 12.4. The van der Waals surface area contributed by atoms with Gasteiger partial charge in [-0.15, -0.1) is 0 Å². The summed E-state index contributed by atoms with van der Waals surface area (Å²) in [5, 5.41) is 12.6. The Morgan fingerprint density at radius 1 is 0.935 bits per heavy atom. The first-order chi connectivity index (χ1) is 15.0. The van der Waals surface area contributed by atoms with Gasteiger partial charge in [0.2, 0.25) is 0 Å². The quantitative estimate of drug-likeness (QED) is 0.530. The van der Waals surface area contributed by atoms with Crippen LogP contribution in [-0.4, -0.2) is 29.8 Å². The zero-order valence-corrected chi connectivity index (χ0v) is 17.5. The van der Waals surface area contributed by atoms with Crippen molar-refractivity contribution in [3.63, 3.8) is 0 Å². The van der Waals surface area contributed by atoms with Crippen LogP contribution >= 0.6 is 11.6 Å². The number of hydrogen-bond donors (Lipinski definition) is 2. The highest BCUT2D eigenvalue weighted by Gasteiger charge is 2.29. The summed E-state index contributed by atoms with van der Waals surface area (Å²) in [7, 11) is 0. The Balaban J connectivity index is 1.39. The molecule has 3 aromatic carbocycles. The van der Waals surface area contributed by atoms with Crippen LogP contribution in [0.15, 0.2) is 72.8 Å². The standard InChI is InChI=1S/C25H22ClNO4/c26-22-12-6-1-7-16(22)13-14-23(24(28)29)27-25(30)31-15-21-19-10-4-2-8-17(19)18-9-3-5-11-20(18)21/h1-12,21,23H,13-15H2,(H,27,30)(H,28,29). The smallest absolute Gasteiger partial charge is 0.407 e. The monoisotopic (exact) mass is 435 g/mol. The molecule has 3 aromatic rings. The molecule has 0 bridgehead atoms. The molecule has 1 aliphatic carbocycles. The predicted molar refractivity (Wildman–Crippen MR) is 119 cm³/mol. The van der Waals surface area contributed by atoms with Gasteiger partial charge in [-0.05, 0) is 46.7 Å². The molecule has 0 aromatic heterocycles. The average molecular weight is 436 g/mol. The first kappa shape index (κ1) is 20.9. The molecule has 0 saturated heterocycles. The van der Waals surface area contributed by atoms with Crippen molar-refractivity contribution in [2.45, 2.75) is 24.8 Å². The number of aliphatic carboxylic acids is 1. The fourth-order valence-corrected chi connectivity index (χ4v) is 4.27. The molecule has 0 saturated carbocycles. The normalized spacial score (nSPS) is 13.2. The highest BCUT2D eigenvalue weighted by Crippen LogP contribution is 2.44. The average Bonchev–Trinajstić information content (AvgIpc) is 3.10. The van der Waals surface area contributed by atoms with Gasteiger partial charge in [-0.3, -0.25) is 0 Å². The second-order valence-corrected chi connectivity index (χ2v) is 7.90. The van der Waals surface area contributed by atoms with Crippen molar-refractivity contribution in [3.05, 3.63) is 94.5 Å². The number of carbonyl (C=O) groups is 2. The largest absolute Gasteiger partial charge is 0.480 e. The fourth-order valence-electron chi connectivity index (χ4n) is 4.04. The minimum atomic E-state index is -1.11. The summed E-state index contributed by atoms with van der Waals surface area (Å²) in [6, 6.07) is 22.3. The molecule has 6 heteroatoms. The molecule has 158 valence electrons. The molecular formula is C25H22ClNO4. The van der Waals surface area contributed by atoms with Crippen molar-refractivity contribution in [1.29, 1.82) is 0 Å². The minimum absolute atomic E-state index is 0.0791. The van der Waals surface area contributed by atoms with Gasteiger partial charge >= 0.3 is 12.1 Å². The van der Waals surface area contributed by atoms with E-state index in [1.54, 1.807) is 6.07 Å². The zero-order chi connectivity index (χ0) is 21.8. The summed E-state index contributed by atoms with van der Waals surface area (Å²) in [5.74, 6) is -1.19. The third kappa shape index (κ3) is 4.57. The summed E-state index contributed by atoms with van der Waals surface area (Å²) in [5.41, 5.74) is 5.31. The van der Waals surface area contributed by atoms with Crippen molar-refractivity contribution in [2.75, 3.05) is 6.61 Å². The van der Waals surface area contributed by atoms with Crippen molar-refractivity contribution in [1.82, 2.24) is 5.32 Å². The number of ether oxygens (including phenoxy) is 1. The molecule has 1 atom stereocenters. The molecule has 0 spiro atoms. The number of benzene rings is 3. The van der Waals surface area contributed by atoms with Crippen LogP contribution in [0.5, 0.6) is 0 Å². The van der Waals surface area contributed by atoms with Crippen LogP contribution in [0.4, 0.5) is 4.79 Å². The molecule has 0 heterocycles. The van der Waals surface area contributed by atoms with Gasteiger partial charge in [0.1, 0.15) is 12.6 Å². The second-order valence-electron chi connectivity index (χ2n) is 7.49. The fraction of sp³-hybridized carbons (Fsp3) is 0.200. The number of aryl methyl sites for hydroxylation is 1. The van der Waals surface area contributed by atoms with E-state index in [2.05, 4.69) is 17.4 Å². The number of rotatable bonds is 7. The molecule has 1 amide bonds. The van der Waals surface area contributed by atoms with Gasteiger partial charge in [-0.2, -0.15) is 0 Å². The van der Waals surface area contributed by atoms with Crippen LogP contribution in [0.1, 0.15) is 29.0 Å². The molecular weight excluding hydrogens is 414 g/mol. The Morgan fingerprint density at radius 2 is 1.52 bits per heavy atom. The van der Waals surface area contributed by atoms with Crippen LogP contribution in [0.25, 0.3) is 11.1 Å². The maximum absolute atomic E-state index is 12.4. The third-order valence-corrected chi connectivity index (χ3v) is 5.96. The lowest BCUT2D eigenvalue weighted by Gasteiger charge is -2.17. The molecule has 0 aliphatic heterocycles. The van der Waals surface area contributed by atoms with E-state index in [-0.39, 0.29) is 18.9 Å². The van der Waals surface area contributed by atoms with Crippen molar-refractivity contribution in [2.24, 2.45) is 0 Å². The molecule has 4 rings (SSSR count). The lowest BCUT2D eigenvalue weighted by Crippen LogP contribution is -2.41. The van der Waals surface area contributed by atoms with E-state index in [1.807, 2.05) is 54.6 Å². The highest BCUT2D eigenvalue weighted by molar-refractivity contribution is 6.31. The van der Waals surface area contributed by atoms with Gasteiger partial charge in [0.15, 0.2) is 0 Å². The van der Waals surface area contributed by atoms with Gasteiger partial charge in [-0.25, -0.2) is 9.59 Å². The van der Waals surface area contributed by atoms with Crippen LogP contribution in [0.2, 0.25) is 5.02 Å². The number of hydrogen-bond acceptors (Lipinski definition) is 3. The lowest BCUT2D eigenvalue weighted by atomic mass is 9.98. The molecule has 0 radical (unpaired) electrons. The van der Waals surface area contributed by atoms with Crippen LogP contribution in [-0.2, 0) is 16.0 Å². The van der Waals surface area contributed by atoms with Crippen LogP contribution in [0.3, 0.4) is 0 Å². The van der Waals surface area contributed by atoms with Crippen molar-refractivity contribution in [3.8, 4) is 11.1 Å². The number of carboxylic acids is 1. The first-order valence-electron chi connectivity index (χ1n) is 10.1. The summed E-state index contributed by atoms with van der Waals surface area (Å²) in [6.45, 7) is 0.136. The highest BCUT2D eigenvalue weighted by atomic mass is 35.5. The SMILES string of the molecule is O=C(NC(CCc1ccccc1Cl)C(=O)O)OCC1c2ccccc2-c2ccccc21. The number of fused-ring (bicyclic) bond motifs is 3. The molecule has 2 N–H and O–H groups in total. The van der Waals surface area contributed by atoms with Gasteiger partial charge in [0.05, 0.1) is 0 Å². The van der Waals surface area contributed by atoms with E-state index in [0.717, 1.165) is 27.8 Å². The summed E-state index contributed by atoms with van der Waals surface area (Å²) < 4.78 is 5.46. The predicted octanol–water partition coefficient (Wildman–Crippen LogP) is 5.26. The van der Waals surface area contributed by atoms with E-state index in [9.17, 15) is 14.7 Å². The maximum Gasteiger partial charge on any atom is 0.407 e. The lowest BCUT2D eigenvalue weighted by molar-refractivity contribution is -0.139.